The van der Waals surface area contributed by atoms with E-state index in [1.54, 1.807) is 12.1 Å². The van der Waals surface area contributed by atoms with E-state index in [9.17, 15) is 9.59 Å². The summed E-state index contributed by atoms with van der Waals surface area (Å²) in [6, 6.07) is 3.34. The average Bonchev–Trinajstić information content (AvgIpc) is 2.63. The third-order valence-electron chi connectivity index (χ3n) is 3.35. The van der Waals surface area contributed by atoms with E-state index in [0.717, 1.165) is 31.8 Å². The molecule has 0 radical (unpaired) electrons. The maximum atomic E-state index is 11.6. The number of rotatable bonds is 1. The van der Waals surface area contributed by atoms with Crippen LogP contribution in [0.15, 0.2) is 12.1 Å². The monoisotopic (exact) mass is 280 g/mol. The number of nitrogens with zero attached hydrogens (tertiary/aromatic N) is 1. The van der Waals surface area contributed by atoms with Crippen LogP contribution in [0.1, 0.15) is 16.8 Å². The van der Waals surface area contributed by atoms with Gasteiger partial charge in [-0.25, -0.2) is 0 Å². The number of Topliss-reactive ketones (excluding diaryl/α,β-unsaturated/α-hetero) is 1. The average molecular weight is 281 g/mol. The van der Waals surface area contributed by atoms with E-state index in [1.165, 1.54) is 0 Å². The van der Waals surface area contributed by atoms with Crippen LogP contribution in [0.2, 0.25) is 5.02 Å². The number of carbonyl (C=O) groups excluding carboxylic acids is 2. The van der Waals surface area contributed by atoms with E-state index in [1.807, 2.05) is 0 Å². The van der Waals surface area contributed by atoms with Gasteiger partial charge in [0.2, 0.25) is 0 Å². The molecule has 2 aliphatic heterocycles. The number of hydrogen-bond acceptors (Lipinski definition) is 4. The van der Waals surface area contributed by atoms with Gasteiger partial charge in [-0.05, 0) is 18.6 Å². The second kappa shape index (κ2) is 4.83. The van der Waals surface area contributed by atoms with Crippen LogP contribution in [0.3, 0.4) is 0 Å². The van der Waals surface area contributed by atoms with Crippen molar-refractivity contribution in [3.05, 3.63) is 22.7 Å². The minimum Gasteiger partial charge on any atom is -0.380 e. The van der Waals surface area contributed by atoms with E-state index in [-0.39, 0.29) is 0 Å². The second-order valence-electron chi connectivity index (χ2n) is 4.59. The third-order valence-corrected chi connectivity index (χ3v) is 3.65. The van der Waals surface area contributed by atoms with Crippen molar-refractivity contribution in [2.45, 2.75) is 6.42 Å². The molecule has 2 heterocycles. The Morgan fingerprint density at radius 1 is 1.21 bits per heavy atom. The highest BCUT2D eigenvalue weighted by Gasteiger charge is 2.29. The third kappa shape index (κ3) is 2.19. The number of benzene rings is 1. The van der Waals surface area contributed by atoms with Crippen LogP contribution in [0, 0.1) is 0 Å². The molecule has 0 unspecified atom stereocenters. The van der Waals surface area contributed by atoms with Crippen molar-refractivity contribution in [3.63, 3.8) is 0 Å². The van der Waals surface area contributed by atoms with Gasteiger partial charge in [0.1, 0.15) is 0 Å². The van der Waals surface area contributed by atoms with Gasteiger partial charge in [0.05, 0.1) is 28.6 Å². The standard InChI is InChI=1S/C13H13ClN2O3/c14-9-6-8-10(15-13(18)12(8)17)7-11(9)16-2-1-4-19-5-3-16/h6-7H,1-5H2,(H,15,17,18). The highest BCUT2D eigenvalue weighted by Crippen LogP contribution is 2.35. The fraction of sp³-hybridized carbons (Fsp3) is 0.385. The van der Waals surface area contributed by atoms with Crippen LogP contribution in [0.25, 0.3) is 0 Å². The van der Waals surface area contributed by atoms with E-state index in [4.69, 9.17) is 16.3 Å². The minimum absolute atomic E-state index is 0.352. The lowest BCUT2D eigenvalue weighted by molar-refractivity contribution is -0.112. The molecule has 0 saturated carbocycles. The van der Waals surface area contributed by atoms with Gasteiger partial charge in [-0.3, -0.25) is 9.59 Å². The fourth-order valence-electron chi connectivity index (χ4n) is 2.38. The van der Waals surface area contributed by atoms with Gasteiger partial charge in [0.15, 0.2) is 0 Å². The quantitative estimate of drug-likeness (QED) is 0.796. The molecule has 0 aromatic heterocycles. The maximum absolute atomic E-state index is 11.6. The molecular weight excluding hydrogens is 268 g/mol. The predicted octanol–water partition coefficient (Wildman–Crippen LogP) is 1.70. The number of ether oxygens (including phenoxy) is 1. The van der Waals surface area contributed by atoms with Gasteiger partial charge in [-0.2, -0.15) is 0 Å². The van der Waals surface area contributed by atoms with Crippen LogP contribution in [0.4, 0.5) is 11.4 Å². The smallest absolute Gasteiger partial charge is 0.296 e. The minimum atomic E-state index is -0.595. The lowest BCUT2D eigenvalue weighted by Crippen LogP contribution is -2.26. The van der Waals surface area contributed by atoms with Crippen LogP contribution in [-0.2, 0) is 9.53 Å². The molecule has 0 spiro atoms. The Labute approximate surface area is 115 Å². The van der Waals surface area contributed by atoms with Gasteiger partial charge in [0.25, 0.3) is 11.7 Å². The fourth-order valence-corrected chi connectivity index (χ4v) is 2.67. The van der Waals surface area contributed by atoms with Gasteiger partial charge in [-0.1, -0.05) is 11.6 Å². The highest BCUT2D eigenvalue weighted by molar-refractivity contribution is 6.52. The molecule has 1 aromatic carbocycles. The highest BCUT2D eigenvalue weighted by atomic mass is 35.5. The Morgan fingerprint density at radius 3 is 2.89 bits per heavy atom. The molecule has 19 heavy (non-hydrogen) atoms. The first-order valence-corrected chi connectivity index (χ1v) is 6.56. The Morgan fingerprint density at radius 2 is 2.05 bits per heavy atom. The summed E-state index contributed by atoms with van der Waals surface area (Å²) in [5, 5.41) is 3.06. The molecule has 1 fully saturated rings. The zero-order valence-corrected chi connectivity index (χ0v) is 11.0. The van der Waals surface area contributed by atoms with Gasteiger partial charge in [0, 0.05) is 19.7 Å². The summed E-state index contributed by atoms with van der Waals surface area (Å²) in [5.74, 6) is -1.12. The molecule has 1 saturated heterocycles. The van der Waals surface area contributed by atoms with E-state index in [0.29, 0.717) is 22.9 Å². The number of fused-ring (bicyclic) bond motifs is 1. The summed E-state index contributed by atoms with van der Waals surface area (Å²) in [4.78, 5) is 25.1. The first-order chi connectivity index (χ1) is 9.16. The van der Waals surface area contributed by atoms with Gasteiger partial charge in [-0.15, -0.1) is 0 Å². The van der Waals surface area contributed by atoms with Crippen LogP contribution in [0.5, 0.6) is 0 Å². The van der Waals surface area contributed by atoms with Crippen molar-refractivity contribution in [2.75, 3.05) is 36.5 Å². The lowest BCUT2D eigenvalue weighted by Gasteiger charge is -2.23. The van der Waals surface area contributed by atoms with Crippen LogP contribution < -0.4 is 10.2 Å². The zero-order chi connectivity index (χ0) is 13.4. The molecule has 3 rings (SSSR count). The predicted molar refractivity (Wildman–Crippen MR) is 72.1 cm³/mol. The summed E-state index contributed by atoms with van der Waals surface area (Å²) in [6.45, 7) is 2.99. The Kier molecular flexibility index (Phi) is 3.16. The molecule has 0 aliphatic carbocycles. The van der Waals surface area contributed by atoms with Crippen molar-refractivity contribution < 1.29 is 14.3 Å². The largest absolute Gasteiger partial charge is 0.380 e. The number of halogens is 1. The zero-order valence-electron chi connectivity index (χ0n) is 10.2. The van der Waals surface area contributed by atoms with E-state index >= 15 is 0 Å². The molecular formula is C13H13ClN2O3. The summed E-state index contributed by atoms with van der Waals surface area (Å²) in [7, 11) is 0. The molecule has 1 amide bonds. The molecule has 100 valence electrons. The normalized spacial score (nSPS) is 19.1. The molecule has 0 atom stereocenters. The maximum Gasteiger partial charge on any atom is 0.296 e. The first-order valence-electron chi connectivity index (χ1n) is 6.19. The van der Waals surface area contributed by atoms with Crippen molar-refractivity contribution in [2.24, 2.45) is 0 Å². The first kappa shape index (κ1) is 12.4. The summed E-state index contributed by atoms with van der Waals surface area (Å²) >= 11 is 6.23. The summed E-state index contributed by atoms with van der Waals surface area (Å²) in [6.07, 6.45) is 0.929. The van der Waals surface area contributed by atoms with E-state index in [2.05, 4.69) is 10.2 Å². The number of carbonyl (C=O) groups is 2. The number of ketones is 1. The van der Waals surface area contributed by atoms with Crippen molar-refractivity contribution in [1.82, 2.24) is 0 Å². The molecule has 0 bridgehead atoms. The van der Waals surface area contributed by atoms with Crippen LogP contribution >= 0.6 is 11.6 Å². The lowest BCUT2D eigenvalue weighted by atomic mass is 10.1. The number of hydrogen-bond donors (Lipinski definition) is 1. The molecule has 5 nitrogen and oxygen atoms in total. The molecule has 1 N–H and O–H groups in total. The summed E-state index contributed by atoms with van der Waals surface area (Å²) < 4.78 is 5.40. The summed E-state index contributed by atoms with van der Waals surface area (Å²) in [5.41, 5.74) is 1.73. The number of nitrogens with one attached hydrogen (secondary N) is 1. The Bertz CT molecular complexity index is 551. The number of anilines is 2. The van der Waals surface area contributed by atoms with Gasteiger partial charge < -0.3 is 15.0 Å². The topological polar surface area (TPSA) is 58.6 Å². The van der Waals surface area contributed by atoms with Crippen molar-refractivity contribution in [1.29, 1.82) is 0 Å². The second-order valence-corrected chi connectivity index (χ2v) is 4.99. The van der Waals surface area contributed by atoms with E-state index < -0.39 is 11.7 Å². The Hall–Kier alpha value is -1.59. The van der Waals surface area contributed by atoms with Crippen molar-refractivity contribution >= 4 is 34.7 Å². The molecule has 6 heteroatoms. The Balaban J connectivity index is 1.97. The SMILES string of the molecule is O=C1Nc2cc(N3CCCOCC3)c(Cl)cc2C1=O. The van der Waals surface area contributed by atoms with Crippen molar-refractivity contribution in [3.8, 4) is 0 Å². The molecule has 2 aliphatic rings. The number of amides is 1. The molecule has 1 aromatic rings. The van der Waals surface area contributed by atoms with Gasteiger partial charge >= 0.3 is 0 Å². The van der Waals surface area contributed by atoms with Crippen LogP contribution in [-0.4, -0.2) is 38.0 Å².